The third-order valence-corrected chi connectivity index (χ3v) is 4.70. The smallest absolute Gasteiger partial charge is 0.323 e. The minimum Gasteiger partial charge on any atom is -0.468 e. The van der Waals surface area contributed by atoms with E-state index < -0.39 is 0 Å². The molecule has 2 rings (SSSR count). The molecule has 1 spiro atoms. The third kappa shape index (κ3) is 2.36. The Labute approximate surface area is 112 Å². The molecule has 0 aromatic heterocycles. The largest absolute Gasteiger partial charge is 0.468 e. The molecular weight excluding hydrogens is 252 g/mol. The first kappa shape index (κ1) is 13.7. The van der Waals surface area contributed by atoms with Gasteiger partial charge in [-0.1, -0.05) is 20.8 Å². The summed E-state index contributed by atoms with van der Waals surface area (Å²) in [5.74, 6) is 0.654. The number of hydrogen-bond acceptors (Lipinski definition) is 5. The standard InChI is InChI=1S/C12H20N2O3S/c1-11(2,3)10(16)14-6-12(7-14)13-8(5-18-12)9(15)17-4/h8,13H,5-7H2,1-4H3/t8-/m0/s1. The number of methoxy groups -OCH3 is 1. The summed E-state index contributed by atoms with van der Waals surface area (Å²) in [6.07, 6.45) is 0. The summed E-state index contributed by atoms with van der Waals surface area (Å²) in [7, 11) is 1.40. The highest BCUT2D eigenvalue weighted by molar-refractivity contribution is 8.01. The molecule has 0 bridgehead atoms. The van der Waals surface area contributed by atoms with Gasteiger partial charge in [-0.25, -0.2) is 0 Å². The second-order valence-electron chi connectivity index (χ2n) is 5.94. The molecule has 2 saturated heterocycles. The fraction of sp³-hybridized carbons (Fsp3) is 0.833. The first-order valence-electron chi connectivity index (χ1n) is 6.06. The Balaban J connectivity index is 1.90. The molecule has 2 heterocycles. The maximum Gasteiger partial charge on any atom is 0.323 e. The lowest BCUT2D eigenvalue weighted by Crippen LogP contribution is -2.69. The lowest BCUT2D eigenvalue weighted by atomic mass is 9.92. The van der Waals surface area contributed by atoms with Gasteiger partial charge in [-0.2, -0.15) is 0 Å². The average molecular weight is 272 g/mol. The number of carbonyl (C=O) groups is 2. The van der Waals surface area contributed by atoms with E-state index in [1.807, 2.05) is 25.7 Å². The van der Waals surface area contributed by atoms with Crippen molar-refractivity contribution in [3.8, 4) is 0 Å². The predicted molar refractivity (Wildman–Crippen MR) is 70.2 cm³/mol. The van der Waals surface area contributed by atoms with E-state index in [1.165, 1.54) is 7.11 Å². The molecule has 0 aromatic carbocycles. The van der Waals surface area contributed by atoms with Gasteiger partial charge < -0.3 is 9.64 Å². The Morgan fingerprint density at radius 1 is 1.39 bits per heavy atom. The van der Waals surface area contributed by atoms with Gasteiger partial charge in [0.15, 0.2) is 0 Å². The number of thioether (sulfide) groups is 1. The fourth-order valence-corrected chi connectivity index (χ4v) is 3.71. The zero-order valence-electron chi connectivity index (χ0n) is 11.3. The second kappa shape index (κ2) is 4.42. The SMILES string of the molecule is COC(=O)[C@@H]1CSC2(CN(C(=O)C(C)(C)C)C2)N1. The number of hydrogen-bond donors (Lipinski definition) is 1. The van der Waals surface area contributed by atoms with E-state index >= 15 is 0 Å². The first-order chi connectivity index (χ1) is 8.27. The molecule has 2 aliphatic heterocycles. The van der Waals surface area contributed by atoms with Crippen LogP contribution in [0.1, 0.15) is 20.8 Å². The van der Waals surface area contributed by atoms with Crippen molar-refractivity contribution in [2.75, 3.05) is 26.0 Å². The molecule has 2 fully saturated rings. The van der Waals surface area contributed by atoms with Crippen LogP contribution < -0.4 is 5.32 Å². The highest BCUT2D eigenvalue weighted by Gasteiger charge is 2.53. The molecule has 0 saturated carbocycles. The topological polar surface area (TPSA) is 58.6 Å². The Bertz CT molecular complexity index is 372. The summed E-state index contributed by atoms with van der Waals surface area (Å²) in [5, 5.41) is 3.29. The van der Waals surface area contributed by atoms with Crippen LogP contribution in [0.2, 0.25) is 0 Å². The fourth-order valence-electron chi connectivity index (χ4n) is 2.28. The van der Waals surface area contributed by atoms with Crippen LogP contribution in [0.3, 0.4) is 0 Å². The molecule has 2 aliphatic rings. The van der Waals surface area contributed by atoms with Gasteiger partial charge in [-0.05, 0) is 0 Å². The quantitative estimate of drug-likeness (QED) is 0.702. The number of nitrogens with one attached hydrogen (secondary N) is 1. The number of amides is 1. The van der Waals surface area contributed by atoms with Crippen molar-refractivity contribution in [2.24, 2.45) is 5.41 Å². The summed E-state index contributed by atoms with van der Waals surface area (Å²) in [4.78, 5) is 25.2. The van der Waals surface area contributed by atoms with Crippen LogP contribution in [0.4, 0.5) is 0 Å². The van der Waals surface area contributed by atoms with E-state index in [1.54, 1.807) is 11.8 Å². The minimum absolute atomic E-state index is 0.139. The van der Waals surface area contributed by atoms with Gasteiger partial charge in [-0.3, -0.25) is 14.9 Å². The van der Waals surface area contributed by atoms with Crippen LogP contribution >= 0.6 is 11.8 Å². The van der Waals surface area contributed by atoms with E-state index in [9.17, 15) is 9.59 Å². The average Bonchev–Trinajstić information content (AvgIpc) is 2.68. The van der Waals surface area contributed by atoms with E-state index in [4.69, 9.17) is 4.74 Å². The Morgan fingerprint density at radius 2 is 2.00 bits per heavy atom. The number of ether oxygens (including phenoxy) is 1. The van der Waals surface area contributed by atoms with E-state index in [-0.39, 0.29) is 28.2 Å². The van der Waals surface area contributed by atoms with Gasteiger partial charge in [-0.15, -0.1) is 11.8 Å². The first-order valence-corrected chi connectivity index (χ1v) is 7.05. The highest BCUT2D eigenvalue weighted by Crippen LogP contribution is 2.40. The van der Waals surface area contributed by atoms with Crippen molar-refractivity contribution >= 4 is 23.6 Å². The van der Waals surface area contributed by atoms with Gasteiger partial charge in [0, 0.05) is 11.2 Å². The van der Waals surface area contributed by atoms with Crippen LogP contribution in [-0.2, 0) is 14.3 Å². The number of likely N-dealkylation sites (tertiary alicyclic amines) is 1. The molecule has 1 N–H and O–H groups in total. The van der Waals surface area contributed by atoms with Crippen molar-refractivity contribution < 1.29 is 14.3 Å². The van der Waals surface area contributed by atoms with Crippen LogP contribution in [0.15, 0.2) is 0 Å². The molecule has 0 aromatic rings. The molecule has 5 nitrogen and oxygen atoms in total. The zero-order chi connectivity index (χ0) is 13.6. The van der Waals surface area contributed by atoms with E-state index in [0.717, 1.165) is 0 Å². The molecule has 6 heteroatoms. The van der Waals surface area contributed by atoms with Crippen molar-refractivity contribution in [1.82, 2.24) is 10.2 Å². The summed E-state index contributed by atoms with van der Waals surface area (Å²) in [5.41, 5.74) is -0.341. The Morgan fingerprint density at radius 3 is 2.50 bits per heavy atom. The van der Waals surface area contributed by atoms with Gasteiger partial charge in [0.25, 0.3) is 0 Å². The Hall–Kier alpha value is -0.750. The predicted octanol–water partition coefficient (Wildman–Crippen LogP) is 0.449. The summed E-state index contributed by atoms with van der Waals surface area (Å²) >= 11 is 1.71. The summed E-state index contributed by atoms with van der Waals surface area (Å²) < 4.78 is 4.73. The molecule has 18 heavy (non-hydrogen) atoms. The van der Waals surface area contributed by atoms with Gasteiger partial charge in [0.05, 0.1) is 20.2 Å². The maximum atomic E-state index is 12.1. The van der Waals surface area contributed by atoms with Crippen molar-refractivity contribution in [3.63, 3.8) is 0 Å². The number of nitrogens with zero attached hydrogens (tertiary/aromatic N) is 1. The third-order valence-electron chi connectivity index (χ3n) is 3.27. The number of rotatable bonds is 1. The van der Waals surface area contributed by atoms with Gasteiger partial charge >= 0.3 is 5.97 Å². The summed E-state index contributed by atoms with van der Waals surface area (Å²) in [6.45, 7) is 7.11. The molecular formula is C12H20N2O3S. The lowest BCUT2D eigenvalue weighted by molar-refractivity contribution is -0.146. The molecule has 0 unspecified atom stereocenters. The number of carbonyl (C=O) groups excluding carboxylic acids is 2. The van der Waals surface area contributed by atoms with Crippen molar-refractivity contribution in [3.05, 3.63) is 0 Å². The number of esters is 1. The van der Waals surface area contributed by atoms with Crippen LogP contribution in [0, 0.1) is 5.41 Å². The van der Waals surface area contributed by atoms with Crippen LogP contribution in [0.5, 0.6) is 0 Å². The van der Waals surface area contributed by atoms with Crippen LogP contribution in [-0.4, -0.2) is 53.6 Å². The summed E-state index contributed by atoms with van der Waals surface area (Å²) in [6, 6.07) is -0.244. The molecule has 0 radical (unpaired) electrons. The zero-order valence-corrected chi connectivity index (χ0v) is 12.1. The minimum atomic E-state index is -0.341. The molecule has 0 aliphatic carbocycles. The van der Waals surface area contributed by atoms with E-state index in [2.05, 4.69) is 5.32 Å². The molecule has 1 atom stereocenters. The molecule has 102 valence electrons. The second-order valence-corrected chi connectivity index (χ2v) is 7.34. The van der Waals surface area contributed by atoms with Crippen molar-refractivity contribution in [2.45, 2.75) is 31.7 Å². The lowest BCUT2D eigenvalue weighted by Gasteiger charge is -2.49. The Kier molecular flexibility index (Phi) is 3.36. The highest BCUT2D eigenvalue weighted by atomic mass is 32.2. The maximum absolute atomic E-state index is 12.1. The van der Waals surface area contributed by atoms with Crippen molar-refractivity contribution in [1.29, 1.82) is 0 Å². The van der Waals surface area contributed by atoms with Gasteiger partial charge in [0.2, 0.25) is 5.91 Å². The van der Waals surface area contributed by atoms with E-state index in [0.29, 0.717) is 18.8 Å². The van der Waals surface area contributed by atoms with Gasteiger partial charge in [0.1, 0.15) is 10.9 Å². The van der Waals surface area contributed by atoms with Crippen LogP contribution in [0.25, 0.3) is 0 Å². The molecule has 1 amide bonds. The normalized spacial score (nSPS) is 26.0. The monoisotopic (exact) mass is 272 g/mol.